The summed E-state index contributed by atoms with van der Waals surface area (Å²) in [6.07, 6.45) is 0.369. The molecule has 0 saturated carbocycles. The number of ether oxygens (including phenoxy) is 1. The molecule has 0 bridgehead atoms. The summed E-state index contributed by atoms with van der Waals surface area (Å²) >= 11 is 5.74. The zero-order chi connectivity index (χ0) is 21.9. The number of nitrogens with one attached hydrogen (secondary N) is 4. The van der Waals surface area contributed by atoms with E-state index < -0.39 is 21.9 Å². The molecule has 30 heavy (non-hydrogen) atoms. The molecular weight excluding hydrogens is 435 g/mol. The second kappa shape index (κ2) is 9.27. The van der Waals surface area contributed by atoms with Crippen LogP contribution in [0.2, 0.25) is 5.02 Å². The van der Waals surface area contributed by atoms with E-state index in [2.05, 4.69) is 20.9 Å². The lowest BCUT2D eigenvalue weighted by atomic mass is 10.0. The molecule has 0 aliphatic carbocycles. The summed E-state index contributed by atoms with van der Waals surface area (Å²) in [5, 5.41) is 2.59. The lowest BCUT2D eigenvalue weighted by Gasteiger charge is -2.15. The Morgan fingerprint density at radius 1 is 1.27 bits per heavy atom. The van der Waals surface area contributed by atoms with E-state index in [-0.39, 0.29) is 34.2 Å². The number of carbonyl (C=O) groups is 1. The summed E-state index contributed by atoms with van der Waals surface area (Å²) < 4.78 is 45.9. The van der Waals surface area contributed by atoms with Crippen molar-refractivity contribution in [3.63, 3.8) is 0 Å². The third kappa shape index (κ3) is 4.90. The van der Waals surface area contributed by atoms with Gasteiger partial charge >= 0.3 is 0 Å². The number of methoxy groups -OCH3 is 1. The van der Waals surface area contributed by atoms with E-state index in [9.17, 15) is 17.6 Å². The van der Waals surface area contributed by atoms with Crippen molar-refractivity contribution in [1.82, 2.24) is 15.6 Å². The van der Waals surface area contributed by atoms with Crippen molar-refractivity contribution in [2.24, 2.45) is 0 Å². The number of halogens is 2. The van der Waals surface area contributed by atoms with Crippen molar-refractivity contribution in [3.05, 3.63) is 52.8 Å². The van der Waals surface area contributed by atoms with Gasteiger partial charge in [-0.05, 0) is 42.3 Å². The van der Waals surface area contributed by atoms with Crippen molar-refractivity contribution >= 4 is 33.2 Å². The van der Waals surface area contributed by atoms with Crippen LogP contribution in [0.15, 0.2) is 41.3 Å². The highest BCUT2D eigenvalue weighted by Gasteiger charge is 2.31. The van der Waals surface area contributed by atoms with Crippen molar-refractivity contribution in [1.29, 1.82) is 0 Å². The minimum Gasteiger partial charge on any atom is -0.495 e. The van der Waals surface area contributed by atoms with E-state index in [0.717, 1.165) is 0 Å². The molecular formula is C19H22ClFN4O4S. The van der Waals surface area contributed by atoms with Gasteiger partial charge in [-0.15, -0.1) is 0 Å². The van der Waals surface area contributed by atoms with Gasteiger partial charge < -0.3 is 10.1 Å². The Labute approximate surface area is 179 Å². The Kier molecular flexibility index (Phi) is 6.94. The van der Waals surface area contributed by atoms with Crippen LogP contribution in [0, 0.1) is 5.82 Å². The van der Waals surface area contributed by atoms with E-state index in [0.29, 0.717) is 17.7 Å². The Morgan fingerprint density at radius 2 is 2.03 bits per heavy atom. The number of anilines is 1. The van der Waals surface area contributed by atoms with E-state index in [4.69, 9.17) is 16.3 Å². The molecule has 1 heterocycles. The molecule has 162 valence electrons. The number of rotatable bonds is 7. The van der Waals surface area contributed by atoms with Crippen LogP contribution >= 0.6 is 11.6 Å². The molecule has 0 radical (unpaired) electrons. The second-order valence-electron chi connectivity index (χ2n) is 6.66. The number of benzene rings is 2. The molecule has 0 aromatic heterocycles. The van der Waals surface area contributed by atoms with E-state index in [1.165, 1.54) is 31.4 Å². The number of sulfonamides is 1. The molecule has 1 amide bonds. The predicted octanol–water partition coefficient (Wildman–Crippen LogP) is 2.33. The van der Waals surface area contributed by atoms with Crippen LogP contribution in [0.25, 0.3) is 0 Å². The van der Waals surface area contributed by atoms with Crippen molar-refractivity contribution in [3.8, 4) is 5.75 Å². The number of hydrogen-bond donors (Lipinski definition) is 4. The Balaban J connectivity index is 1.74. The second-order valence-corrected chi connectivity index (χ2v) is 8.80. The maximum absolute atomic E-state index is 13.3. The number of hydrogen-bond acceptors (Lipinski definition) is 6. The fraction of sp³-hybridized carbons (Fsp3) is 0.316. The highest BCUT2D eigenvalue weighted by atomic mass is 35.5. The predicted molar refractivity (Wildman–Crippen MR) is 111 cm³/mol. The molecule has 1 saturated heterocycles. The summed E-state index contributed by atoms with van der Waals surface area (Å²) in [6, 6.07) is 7.86. The standard InChI is InChI=1S/C19H22ClFN4O4S/c1-3-22-30(27,28)18-8-11(4-7-17(18)29-2)15-10-16(25-24-15)19(26)23-12-5-6-14(21)13(20)9-12/h4-9,15-16,22,24-25H,3,10H2,1-2H3,(H,23,26). The van der Waals surface area contributed by atoms with Crippen LogP contribution in [0.4, 0.5) is 10.1 Å². The molecule has 11 heteroatoms. The Hall–Kier alpha value is -2.24. The molecule has 2 unspecified atom stereocenters. The topological polar surface area (TPSA) is 109 Å². The first-order valence-electron chi connectivity index (χ1n) is 9.19. The van der Waals surface area contributed by atoms with Crippen LogP contribution in [-0.4, -0.2) is 34.0 Å². The molecule has 2 aromatic rings. The molecule has 3 rings (SSSR count). The first kappa shape index (κ1) is 22.4. The third-order valence-electron chi connectivity index (χ3n) is 4.62. The van der Waals surface area contributed by atoms with E-state index >= 15 is 0 Å². The normalized spacial score (nSPS) is 18.9. The first-order valence-corrected chi connectivity index (χ1v) is 11.1. The molecule has 8 nitrogen and oxygen atoms in total. The van der Waals surface area contributed by atoms with Gasteiger partial charge in [0.25, 0.3) is 0 Å². The molecule has 1 fully saturated rings. The van der Waals surface area contributed by atoms with Crippen LogP contribution in [0.5, 0.6) is 5.75 Å². The zero-order valence-electron chi connectivity index (χ0n) is 16.3. The van der Waals surface area contributed by atoms with Gasteiger partial charge in [-0.1, -0.05) is 24.6 Å². The number of hydrazine groups is 1. The lowest BCUT2D eigenvalue weighted by molar-refractivity contribution is -0.117. The highest BCUT2D eigenvalue weighted by Crippen LogP contribution is 2.30. The summed E-state index contributed by atoms with van der Waals surface area (Å²) in [6.45, 7) is 1.93. The van der Waals surface area contributed by atoms with Crippen molar-refractivity contribution < 1.29 is 22.3 Å². The van der Waals surface area contributed by atoms with Crippen LogP contribution in [0.3, 0.4) is 0 Å². The minimum atomic E-state index is -3.73. The van der Waals surface area contributed by atoms with Crippen LogP contribution < -0.4 is 25.6 Å². The Morgan fingerprint density at radius 3 is 2.70 bits per heavy atom. The molecule has 2 aromatic carbocycles. The average molecular weight is 457 g/mol. The minimum absolute atomic E-state index is 0.0278. The first-order chi connectivity index (χ1) is 14.2. The van der Waals surface area contributed by atoms with Gasteiger partial charge in [0.05, 0.1) is 12.1 Å². The van der Waals surface area contributed by atoms with E-state index in [1.54, 1.807) is 19.1 Å². The number of carbonyl (C=O) groups excluding carboxylic acids is 1. The van der Waals surface area contributed by atoms with Crippen molar-refractivity contribution in [2.75, 3.05) is 19.0 Å². The smallest absolute Gasteiger partial charge is 0.244 e. The quantitative estimate of drug-likeness (QED) is 0.509. The van der Waals surface area contributed by atoms with Gasteiger partial charge in [-0.3, -0.25) is 4.79 Å². The molecule has 4 N–H and O–H groups in total. The molecule has 1 aliphatic rings. The van der Waals surface area contributed by atoms with Gasteiger partial charge in [0.1, 0.15) is 22.5 Å². The van der Waals surface area contributed by atoms with Crippen LogP contribution in [-0.2, 0) is 14.8 Å². The van der Waals surface area contributed by atoms with Gasteiger partial charge in [-0.25, -0.2) is 28.4 Å². The maximum Gasteiger partial charge on any atom is 0.244 e. The average Bonchev–Trinajstić information content (AvgIpc) is 3.20. The highest BCUT2D eigenvalue weighted by molar-refractivity contribution is 7.89. The fourth-order valence-corrected chi connectivity index (χ4v) is 4.56. The van der Waals surface area contributed by atoms with Crippen LogP contribution in [0.1, 0.15) is 24.9 Å². The SMILES string of the molecule is CCNS(=O)(=O)c1cc(C2CC(C(=O)Nc3ccc(F)c(Cl)c3)NN2)ccc1OC. The largest absolute Gasteiger partial charge is 0.495 e. The zero-order valence-corrected chi connectivity index (χ0v) is 17.9. The molecule has 2 atom stereocenters. The number of amides is 1. The summed E-state index contributed by atoms with van der Waals surface area (Å²) in [7, 11) is -2.33. The monoisotopic (exact) mass is 456 g/mol. The summed E-state index contributed by atoms with van der Waals surface area (Å²) in [4.78, 5) is 12.6. The van der Waals surface area contributed by atoms with E-state index in [1.807, 2.05) is 0 Å². The summed E-state index contributed by atoms with van der Waals surface area (Å²) in [5.74, 6) is -0.673. The lowest BCUT2D eigenvalue weighted by Crippen LogP contribution is -2.39. The molecule has 0 spiro atoms. The van der Waals surface area contributed by atoms with Gasteiger partial charge in [0, 0.05) is 18.3 Å². The fourth-order valence-electron chi connectivity index (χ4n) is 3.14. The van der Waals surface area contributed by atoms with Gasteiger partial charge in [0.15, 0.2) is 0 Å². The summed E-state index contributed by atoms with van der Waals surface area (Å²) in [5.41, 5.74) is 6.96. The van der Waals surface area contributed by atoms with Crippen molar-refractivity contribution in [2.45, 2.75) is 30.3 Å². The molecule has 1 aliphatic heterocycles. The van der Waals surface area contributed by atoms with Gasteiger partial charge in [0.2, 0.25) is 15.9 Å². The Bertz CT molecular complexity index is 1050. The maximum atomic E-state index is 13.3. The third-order valence-corrected chi connectivity index (χ3v) is 6.48. The van der Waals surface area contributed by atoms with Gasteiger partial charge in [-0.2, -0.15) is 0 Å².